The van der Waals surface area contributed by atoms with E-state index in [9.17, 15) is 4.79 Å². The van der Waals surface area contributed by atoms with E-state index in [0.29, 0.717) is 17.5 Å². The number of rotatable bonds is 5. The van der Waals surface area contributed by atoms with Gasteiger partial charge < -0.3 is 10.2 Å². The van der Waals surface area contributed by atoms with E-state index < -0.39 is 0 Å². The molecular formula is C13H22N4OS. The molecule has 0 spiro atoms. The standard InChI is InChI=1S/C13H22N4OS/c1-16(8-11-7-15-17(2)9-11)13(18)10-19-12-3-5-14-6-4-12/h7,9,12,14H,3-6,8,10H2,1-2H3. The van der Waals surface area contributed by atoms with Crippen LogP contribution in [-0.2, 0) is 18.4 Å². The van der Waals surface area contributed by atoms with E-state index in [1.807, 2.05) is 26.5 Å². The number of nitrogens with zero attached hydrogens (tertiary/aromatic N) is 3. The van der Waals surface area contributed by atoms with Gasteiger partial charge >= 0.3 is 0 Å². The van der Waals surface area contributed by atoms with Crippen LogP contribution in [0.15, 0.2) is 12.4 Å². The first kappa shape index (κ1) is 14.4. The van der Waals surface area contributed by atoms with E-state index in [-0.39, 0.29) is 5.91 Å². The van der Waals surface area contributed by atoms with Crippen molar-refractivity contribution >= 4 is 17.7 Å². The van der Waals surface area contributed by atoms with Gasteiger partial charge in [0, 0.05) is 37.7 Å². The molecule has 1 aromatic rings. The summed E-state index contributed by atoms with van der Waals surface area (Å²) in [7, 11) is 3.75. The average molecular weight is 282 g/mol. The molecule has 2 heterocycles. The Morgan fingerprint density at radius 1 is 1.58 bits per heavy atom. The number of carbonyl (C=O) groups excluding carboxylic acids is 1. The highest BCUT2D eigenvalue weighted by Gasteiger charge is 2.17. The second-order valence-corrected chi connectivity index (χ2v) is 6.32. The van der Waals surface area contributed by atoms with Gasteiger partial charge in [0.2, 0.25) is 5.91 Å². The van der Waals surface area contributed by atoms with E-state index >= 15 is 0 Å². The van der Waals surface area contributed by atoms with Gasteiger partial charge in [-0.3, -0.25) is 9.48 Å². The summed E-state index contributed by atoms with van der Waals surface area (Å²) in [5.41, 5.74) is 1.07. The van der Waals surface area contributed by atoms with Gasteiger partial charge in [0.05, 0.1) is 11.9 Å². The second kappa shape index (κ2) is 6.96. The van der Waals surface area contributed by atoms with Gasteiger partial charge in [-0.15, -0.1) is 11.8 Å². The van der Waals surface area contributed by atoms with Crippen molar-refractivity contribution in [3.05, 3.63) is 18.0 Å². The lowest BCUT2D eigenvalue weighted by atomic mass is 10.2. The van der Waals surface area contributed by atoms with Gasteiger partial charge in [0.15, 0.2) is 0 Å². The maximum Gasteiger partial charge on any atom is 0.232 e. The molecule has 19 heavy (non-hydrogen) atoms. The van der Waals surface area contributed by atoms with E-state index in [1.54, 1.807) is 21.3 Å². The summed E-state index contributed by atoms with van der Waals surface area (Å²) in [6.45, 7) is 2.80. The molecule has 0 atom stereocenters. The van der Waals surface area contributed by atoms with Gasteiger partial charge in [-0.05, 0) is 25.9 Å². The molecule has 1 aliphatic heterocycles. The Balaban J connectivity index is 1.72. The molecule has 0 radical (unpaired) electrons. The Bertz CT molecular complexity index is 415. The first-order valence-corrected chi connectivity index (χ1v) is 7.74. The molecule has 0 unspecified atom stereocenters. The number of thioether (sulfide) groups is 1. The highest BCUT2D eigenvalue weighted by atomic mass is 32.2. The van der Waals surface area contributed by atoms with Crippen molar-refractivity contribution < 1.29 is 4.79 Å². The maximum atomic E-state index is 12.1. The van der Waals surface area contributed by atoms with Crippen LogP contribution in [0.25, 0.3) is 0 Å². The SMILES string of the molecule is CN(Cc1cnn(C)c1)C(=O)CSC1CCNCC1. The molecule has 1 aromatic heterocycles. The Morgan fingerprint density at radius 3 is 2.95 bits per heavy atom. The zero-order chi connectivity index (χ0) is 13.7. The highest BCUT2D eigenvalue weighted by Crippen LogP contribution is 2.20. The summed E-state index contributed by atoms with van der Waals surface area (Å²) >= 11 is 1.80. The summed E-state index contributed by atoms with van der Waals surface area (Å²) in [5, 5.41) is 8.09. The molecule has 6 heteroatoms. The third kappa shape index (κ3) is 4.54. The zero-order valence-corrected chi connectivity index (χ0v) is 12.4. The quantitative estimate of drug-likeness (QED) is 0.870. The summed E-state index contributed by atoms with van der Waals surface area (Å²) in [5.74, 6) is 0.786. The maximum absolute atomic E-state index is 12.1. The fourth-order valence-electron chi connectivity index (χ4n) is 2.18. The Labute approximate surface area is 118 Å². The van der Waals surface area contributed by atoms with Crippen LogP contribution in [0.3, 0.4) is 0 Å². The summed E-state index contributed by atoms with van der Waals surface area (Å²) in [6, 6.07) is 0. The monoisotopic (exact) mass is 282 g/mol. The lowest BCUT2D eigenvalue weighted by Crippen LogP contribution is -2.32. The molecule has 0 bridgehead atoms. The molecule has 1 fully saturated rings. The van der Waals surface area contributed by atoms with E-state index in [0.717, 1.165) is 18.7 Å². The Kier molecular flexibility index (Phi) is 5.27. The van der Waals surface area contributed by atoms with Crippen molar-refractivity contribution in [2.75, 3.05) is 25.9 Å². The van der Waals surface area contributed by atoms with Gasteiger partial charge in [-0.25, -0.2) is 0 Å². The van der Waals surface area contributed by atoms with Crippen molar-refractivity contribution in [2.24, 2.45) is 7.05 Å². The van der Waals surface area contributed by atoms with E-state index in [4.69, 9.17) is 0 Å². The first-order valence-electron chi connectivity index (χ1n) is 6.69. The lowest BCUT2D eigenvalue weighted by molar-refractivity contribution is -0.127. The number of piperidine rings is 1. The molecule has 1 amide bonds. The van der Waals surface area contributed by atoms with Crippen LogP contribution >= 0.6 is 11.8 Å². The van der Waals surface area contributed by atoms with Crippen molar-refractivity contribution in [3.8, 4) is 0 Å². The lowest BCUT2D eigenvalue weighted by Gasteiger charge is -2.23. The number of nitrogens with one attached hydrogen (secondary N) is 1. The van der Waals surface area contributed by atoms with Crippen LogP contribution in [0.5, 0.6) is 0 Å². The third-order valence-electron chi connectivity index (χ3n) is 3.33. The van der Waals surface area contributed by atoms with Crippen molar-refractivity contribution in [3.63, 3.8) is 0 Å². The molecular weight excluding hydrogens is 260 g/mol. The molecule has 1 aliphatic rings. The predicted octanol–water partition coefficient (Wildman–Crippen LogP) is 0.864. The number of aromatic nitrogens is 2. The third-order valence-corrected chi connectivity index (χ3v) is 4.69. The van der Waals surface area contributed by atoms with Gasteiger partial charge in [0.1, 0.15) is 0 Å². The smallest absolute Gasteiger partial charge is 0.232 e. The Hall–Kier alpha value is -1.01. The van der Waals surface area contributed by atoms with Gasteiger partial charge in [-0.2, -0.15) is 5.10 Å². The van der Waals surface area contributed by atoms with Crippen molar-refractivity contribution in [1.29, 1.82) is 0 Å². The van der Waals surface area contributed by atoms with Crippen molar-refractivity contribution in [1.82, 2.24) is 20.0 Å². The molecule has 0 aromatic carbocycles. The fraction of sp³-hybridized carbons (Fsp3) is 0.692. The van der Waals surface area contributed by atoms with Crippen LogP contribution in [-0.4, -0.2) is 51.7 Å². The number of amides is 1. The molecule has 2 rings (SSSR count). The summed E-state index contributed by atoms with van der Waals surface area (Å²) in [6.07, 6.45) is 6.10. The summed E-state index contributed by atoms with van der Waals surface area (Å²) < 4.78 is 1.76. The van der Waals surface area contributed by atoms with Crippen LogP contribution < -0.4 is 5.32 Å². The normalized spacial score (nSPS) is 16.5. The highest BCUT2D eigenvalue weighted by molar-refractivity contribution is 8.00. The molecule has 1 saturated heterocycles. The van der Waals surface area contributed by atoms with Crippen LogP contribution in [0.2, 0.25) is 0 Å². The largest absolute Gasteiger partial charge is 0.341 e. The average Bonchev–Trinajstić information content (AvgIpc) is 2.82. The van der Waals surface area contributed by atoms with Crippen LogP contribution in [0.4, 0.5) is 0 Å². The number of aryl methyl sites for hydroxylation is 1. The molecule has 0 aliphatic carbocycles. The molecule has 0 saturated carbocycles. The molecule has 1 N–H and O–H groups in total. The molecule has 106 valence electrons. The Morgan fingerprint density at radius 2 is 2.32 bits per heavy atom. The number of hydrogen-bond donors (Lipinski definition) is 1. The van der Waals surface area contributed by atoms with Crippen LogP contribution in [0.1, 0.15) is 18.4 Å². The van der Waals surface area contributed by atoms with Crippen molar-refractivity contribution in [2.45, 2.75) is 24.6 Å². The predicted molar refractivity (Wildman–Crippen MR) is 78.0 cm³/mol. The molecule has 5 nitrogen and oxygen atoms in total. The van der Waals surface area contributed by atoms with Gasteiger partial charge in [0.25, 0.3) is 0 Å². The second-order valence-electron chi connectivity index (χ2n) is 5.03. The van der Waals surface area contributed by atoms with E-state index in [1.165, 1.54) is 12.8 Å². The number of carbonyl (C=O) groups is 1. The first-order chi connectivity index (χ1) is 9.15. The van der Waals surface area contributed by atoms with E-state index in [2.05, 4.69) is 10.4 Å². The fourth-order valence-corrected chi connectivity index (χ4v) is 3.34. The minimum Gasteiger partial charge on any atom is -0.341 e. The van der Waals surface area contributed by atoms with Gasteiger partial charge in [-0.1, -0.05) is 0 Å². The minimum absolute atomic E-state index is 0.201. The number of hydrogen-bond acceptors (Lipinski definition) is 4. The summed E-state index contributed by atoms with van der Waals surface area (Å²) in [4.78, 5) is 13.8. The van der Waals surface area contributed by atoms with Crippen LogP contribution in [0, 0.1) is 0 Å². The zero-order valence-electron chi connectivity index (χ0n) is 11.6. The minimum atomic E-state index is 0.201. The topological polar surface area (TPSA) is 50.2 Å².